The fraction of sp³-hybridized carbons (Fsp3) is 0. The Morgan fingerprint density at radius 3 is 2.26 bits per heavy atom. The maximum absolute atomic E-state index is 12.1. The summed E-state index contributed by atoms with van der Waals surface area (Å²) in [5, 5.41) is 24.3. The van der Waals surface area contributed by atoms with Crippen LogP contribution in [0.1, 0.15) is 5.56 Å². The molecule has 136 valence electrons. The molecular weight excluding hydrogens is 396 g/mol. The number of benzene rings is 2. The second-order valence-corrected chi connectivity index (χ2v) is 6.66. The van der Waals surface area contributed by atoms with E-state index >= 15 is 0 Å². The lowest BCUT2D eigenvalue weighted by molar-refractivity contribution is -0.385. The molecule has 1 aliphatic rings. The number of amides is 1. The third-order valence-electron chi connectivity index (χ3n) is 3.42. The highest BCUT2D eigenvalue weighted by molar-refractivity contribution is 8.18. The zero-order valence-electron chi connectivity index (χ0n) is 13.3. The van der Waals surface area contributed by atoms with E-state index in [0.717, 1.165) is 11.8 Å². The van der Waals surface area contributed by atoms with Crippen LogP contribution in [0.2, 0.25) is 5.02 Å². The molecular formula is C16H9ClN4O5S. The van der Waals surface area contributed by atoms with Gasteiger partial charge < -0.3 is 5.32 Å². The molecule has 3 rings (SSSR count). The van der Waals surface area contributed by atoms with Crippen LogP contribution in [0.25, 0.3) is 6.08 Å². The molecule has 0 aliphatic carbocycles. The minimum atomic E-state index is -0.570. The van der Waals surface area contributed by atoms with Gasteiger partial charge in [-0.05, 0) is 41.6 Å². The Morgan fingerprint density at radius 1 is 1.04 bits per heavy atom. The molecule has 0 saturated carbocycles. The van der Waals surface area contributed by atoms with E-state index in [1.165, 1.54) is 42.5 Å². The van der Waals surface area contributed by atoms with Crippen molar-refractivity contribution < 1.29 is 14.6 Å². The van der Waals surface area contributed by atoms with Gasteiger partial charge >= 0.3 is 0 Å². The first-order valence-electron chi connectivity index (χ1n) is 7.31. The number of carbonyl (C=O) groups excluding carboxylic acids is 1. The highest BCUT2D eigenvalue weighted by atomic mass is 35.5. The molecule has 11 heteroatoms. The van der Waals surface area contributed by atoms with Crippen LogP contribution in [-0.2, 0) is 4.79 Å². The van der Waals surface area contributed by atoms with Crippen LogP contribution >= 0.6 is 23.4 Å². The second-order valence-electron chi connectivity index (χ2n) is 5.22. The topological polar surface area (TPSA) is 128 Å². The van der Waals surface area contributed by atoms with Crippen LogP contribution in [0.3, 0.4) is 0 Å². The van der Waals surface area contributed by atoms with Gasteiger partial charge in [0.1, 0.15) is 0 Å². The standard InChI is InChI=1S/C16H9ClN4O5S/c17-12-8-11(21(25)26)5-6-13(12)18-16-19-15(22)14(27-16)7-9-1-3-10(4-2-9)20(23)24/h1-8H,(H,18,19,22)/b14-7+. The zero-order chi connectivity index (χ0) is 19.6. The number of carbonyl (C=O) groups is 1. The maximum Gasteiger partial charge on any atom is 0.271 e. The highest BCUT2D eigenvalue weighted by Gasteiger charge is 2.24. The number of nitrogens with zero attached hydrogens (tertiary/aromatic N) is 3. The number of halogens is 1. The minimum absolute atomic E-state index is 0.0456. The van der Waals surface area contributed by atoms with Crippen molar-refractivity contribution in [1.82, 2.24) is 5.32 Å². The molecule has 2 aromatic carbocycles. The summed E-state index contributed by atoms with van der Waals surface area (Å²) in [7, 11) is 0. The Labute approximate surface area is 161 Å². The molecule has 0 atom stereocenters. The van der Waals surface area contributed by atoms with E-state index in [1.54, 1.807) is 6.08 Å². The maximum atomic E-state index is 12.1. The van der Waals surface area contributed by atoms with Gasteiger partial charge in [0.25, 0.3) is 17.3 Å². The number of hydrogen-bond acceptors (Lipinski definition) is 7. The summed E-state index contributed by atoms with van der Waals surface area (Å²) >= 11 is 7.05. The smallest absolute Gasteiger partial charge is 0.271 e. The third kappa shape index (κ3) is 4.30. The van der Waals surface area contributed by atoms with Crippen LogP contribution in [0.4, 0.5) is 17.1 Å². The average molecular weight is 405 g/mol. The lowest BCUT2D eigenvalue weighted by atomic mass is 10.2. The van der Waals surface area contributed by atoms with E-state index in [-0.39, 0.29) is 33.2 Å². The Balaban J connectivity index is 1.81. The van der Waals surface area contributed by atoms with Crippen molar-refractivity contribution in [3.63, 3.8) is 0 Å². The molecule has 0 radical (unpaired) electrons. The normalized spacial score (nSPS) is 16.6. The molecule has 0 bridgehead atoms. The van der Waals surface area contributed by atoms with Crippen molar-refractivity contribution in [3.05, 3.63) is 78.2 Å². The van der Waals surface area contributed by atoms with Gasteiger partial charge in [0, 0.05) is 24.3 Å². The Morgan fingerprint density at radius 2 is 1.67 bits per heavy atom. The first kappa shape index (κ1) is 18.5. The molecule has 0 unspecified atom stereocenters. The van der Waals surface area contributed by atoms with Crippen molar-refractivity contribution in [1.29, 1.82) is 0 Å². The van der Waals surface area contributed by atoms with Gasteiger partial charge in [-0.2, -0.15) is 0 Å². The lowest BCUT2D eigenvalue weighted by Crippen LogP contribution is -2.19. The largest absolute Gasteiger partial charge is 0.300 e. The van der Waals surface area contributed by atoms with Gasteiger partial charge in [-0.15, -0.1) is 0 Å². The first-order chi connectivity index (χ1) is 12.8. The molecule has 1 amide bonds. The Hall–Kier alpha value is -3.24. The van der Waals surface area contributed by atoms with Crippen LogP contribution in [0.5, 0.6) is 0 Å². The van der Waals surface area contributed by atoms with Crippen molar-refractivity contribution in [2.45, 2.75) is 0 Å². The molecule has 0 spiro atoms. The molecule has 1 heterocycles. The number of non-ortho nitro benzene ring substituents is 2. The fourth-order valence-electron chi connectivity index (χ4n) is 2.13. The van der Waals surface area contributed by atoms with E-state index in [0.29, 0.717) is 10.5 Å². The van der Waals surface area contributed by atoms with Crippen LogP contribution < -0.4 is 5.32 Å². The van der Waals surface area contributed by atoms with E-state index in [9.17, 15) is 25.0 Å². The van der Waals surface area contributed by atoms with Gasteiger partial charge in [-0.1, -0.05) is 11.6 Å². The molecule has 1 N–H and O–H groups in total. The van der Waals surface area contributed by atoms with Gasteiger partial charge in [0.05, 0.1) is 25.5 Å². The zero-order valence-corrected chi connectivity index (χ0v) is 14.9. The van der Waals surface area contributed by atoms with Gasteiger partial charge in [0.2, 0.25) is 0 Å². The van der Waals surface area contributed by atoms with Crippen molar-refractivity contribution in [2.75, 3.05) is 0 Å². The second kappa shape index (κ2) is 7.56. The van der Waals surface area contributed by atoms with Crippen molar-refractivity contribution in [2.24, 2.45) is 4.99 Å². The van der Waals surface area contributed by atoms with Crippen LogP contribution in [0.15, 0.2) is 52.4 Å². The van der Waals surface area contributed by atoms with Crippen molar-refractivity contribution >= 4 is 57.6 Å². The van der Waals surface area contributed by atoms with Crippen molar-refractivity contribution in [3.8, 4) is 0 Å². The van der Waals surface area contributed by atoms with E-state index < -0.39 is 9.85 Å². The molecule has 1 aliphatic heterocycles. The van der Waals surface area contributed by atoms with E-state index in [1.807, 2.05) is 0 Å². The summed E-state index contributed by atoms with van der Waals surface area (Å²) in [5.41, 5.74) is 0.691. The summed E-state index contributed by atoms with van der Waals surface area (Å²) in [4.78, 5) is 36.9. The number of nitrogens with one attached hydrogen (secondary N) is 1. The van der Waals surface area contributed by atoms with Gasteiger partial charge in [0.15, 0.2) is 5.17 Å². The molecule has 0 aromatic heterocycles. The average Bonchev–Trinajstić information content (AvgIpc) is 2.96. The fourth-order valence-corrected chi connectivity index (χ4v) is 3.19. The van der Waals surface area contributed by atoms with E-state index in [4.69, 9.17) is 11.6 Å². The van der Waals surface area contributed by atoms with Gasteiger partial charge in [-0.3, -0.25) is 25.0 Å². The predicted octanol–water partition coefficient (Wildman–Crippen LogP) is 4.05. The molecule has 1 fully saturated rings. The lowest BCUT2D eigenvalue weighted by Gasteiger charge is -1.99. The predicted molar refractivity (Wildman–Crippen MR) is 102 cm³/mol. The number of amidine groups is 1. The Kier molecular flexibility index (Phi) is 5.19. The third-order valence-corrected chi connectivity index (χ3v) is 4.63. The van der Waals surface area contributed by atoms with Crippen LogP contribution in [0, 0.1) is 20.2 Å². The van der Waals surface area contributed by atoms with Gasteiger partial charge in [-0.25, -0.2) is 4.99 Å². The number of thioether (sulfide) groups is 1. The number of nitro groups is 2. The summed E-state index contributed by atoms with van der Waals surface area (Å²) in [6.07, 6.45) is 1.57. The number of rotatable bonds is 4. The number of hydrogen-bond donors (Lipinski definition) is 1. The van der Waals surface area contributed by atoms with E-state index in [2.05, 4.69) is 10.3 Å². The van der Waals surface area contributed by atoms with Crippen LogP contribution in [-0.4, -0.2) is 20.9 Å². The monoisotopic (exact) mass is 404 g/mol. The summed E-state index contributed by atoms with van der Waals surface area (Å²) < 4.78 is 0. The summed E-state index contributed by atoms with van der Waals surface area (Å²) in [5.74, 6) is -0.380. The summed E-state index contributed by atoms with van der Waals surface area (Å²) in [6.45, 7) is 0. The highest BCUT2D eigenvalue weighted by Crippen LogP contribution is 2.33. The number of aliphatic imine (C=N–C) groups is 1. The molecule has 27 heavy (non-hydrogen) atoms. The molecule has 2 aromatic rings. The Bertz CT molecular complexity index is 1020. The number of nitro benzene ring substituents is 2. The summed E-state index contributed by atoms with van der Waals surface area (Å²) in [6, 6.07) is 9.57. The first-order valence-corrected chi connectivity index (χ1v) is 8.51. The quantitative estimate of drug-likeness (QED) is 0.465. The SMILES string of the molecule is O=C1NC(=Nc2ccc([N+](=O)[O-])cc2Cl)S/C1=C/c1ccc([N+](=O)[O-])cc1. The molecule has 9 nitrogen and oxygen atoms in total. The molecule has 1 saturated heterocycles. The minimum Gasteiger partial charge on any atom is -0.300 e.